The van der Waals surface area contributed by atoms with Crippen molar-refractivity contribution in [2.45, 2.75) is 38.1 Å². The molecule has 0 unspecified atom stereocenters. The molecular weight excluding hydrogens is 206 g/mol. The normalized spacial score (nSPS) is 26.0. The molecular formula is C12H17NO3. The van der Waals surface area contributed by atoms with Crippen molar-refractivity contribution < 1.29 is 14.7 Å². The van der Waals surface area contributed by atoms with Crippen molar-refractivity contribution in [3.8, 4) is 0 Å². The fourth-order valence-electron chi connectivity index (χ4n) is 2.51. The molecule has 0 aromatic heterocycles. The molecule has 2 aliphatic rings. The largest absolute Gasteiger partial charge is 0.480 e. The first-order valence-electron chi connectivity index (χ1n) is 5.88. The molecule has 1 aliphatic heterocycles. The summed E-state index contributed by atoms with van der Waals surface area (Å²) in [4.78, 5) is 24.8. The molecule has 1 saturated heterocycles. The molecule has 0 saturated carbocycles. The second kappa shape index (κ2) is 4.68. The van der Waals surface area contributed by atoms with Crippen molar-refractivity contribution in [1.82, 2.24) is 4.90 Å². The summed E-state index contributed by atoms with van der Waals surface area (Å²) in [5.74, 6) is -0.851. The van der Waals surface area contributed by atoms with Crippen molar-refractivity contribution in [3.63, 3.8) is 0 Å². The van der Waals surface area contributed by atoms with E-state index in [2.05, 4.69) is 0 Å². The summed E-state index contributed by atoms with van der Waals surface area (Å²) in [6.07, 6.45) is 7.97. The Morgan fingerprint density at radius 1 is 1.19 bits per heavy atom. The van der Waals surface area contributed by atoms with Crippen LogP contribution in [0.5, 0.6) is 0 Å². The van der Waals surface area contributed by atoms with Gasteiger partial charge in [-0.2, -0.15) is 0 Å². The van der Waals surface area contributed by atoms with E-state index < -0.39 is 12.0 Å². The third-order valence-electron chi connectivity index (χ3n) is 3.43. The van der Waals surface area contributed by atoms with Gasteiger partial charge in [0.1, 0.15) is 6.04 Å². The summed E-state index contributed by atoms with van der Waals surface area (Å²) in [5.41, 5.74) is 0. The maximum absolute atomic E-state index is 12.1. The van der Waals surface area contributed by atoms with Crippen molar-refractivity contribution in [2.75, 3.05) is 6.54 Å². The Kier molecular flexibility index (Phi) is 3.27. The standard InChI is InChI=1S/C12H17NO3/c14-11(9-5-1-2-6-9)13-8-4-3-7-10(13)12(15)16/h1-2,9-10H,3-8H2,(H,15,16)/t10-/m1/s1. The van der Waals surface area contributed by atoms with Crippen LogP contribution in [0.3, 0.4) is 0 Å². The predicted molar refractivity (Wildman–Crippen MR) is 58.9 cm³/mol. The number of piperidine rings is 1. The number of rotatable bonds is 2. The first kappa shape index (κ1) is 11.2. The van der Waals surface area contributed by atoms with Crippen LogP contribution in [0.1, 0.15) is 32.1 Å². The number of hydrogen-bond donors (Lipinski definition) is 1. The molecule has 4 heteroatoms. The zero-order chi connectivity index (χ0) is 11.5. The van der Waals surface area contributed by atoms with Crippen molar-refractivity contribution in [1.29, 1.82) is 0 Å². The second-order valence-electron chi connectivity index (χ2n) is 4.52. The summed E-state index contributed by atoms with van der Waals surface area (Å²) >= 11 is 0. The highest BCUT2D eigenvalue weighted by Crippen LogP contribution is 2.25. The highest BCUT2D eigenvalue weighted by molar-refractivity contribution is 5.85. The van der Waals surface area contributed by atoms with Crippen LogP contribution in [0.15, 0.2) is 12.2 Å². The molecule has 1 fully saturated rings. The van der Waals surface area contributed by atoms with Gasteiger partial charge in [0, 0.05) is 12.5 Å². The number of carbonyl (C=O) groups is 2. The molecule has 0 bridgehead atoms. The number of carbonyl (C=O) groups excluding carboxylic acids is 1. The Labute approximate surface area is 94.9 Å². The van der Waals surface area contributed by atoms with Gasteiger partial charge < -0.3 is 10.0 Å². The van der Waals surface area contributed by atoms with E-state index in [1.807, 2.05) is 12.2 Å². The summed E-state index contributed by atoms with van der Waals surface area (Å²) in [6, 6.07) is -0.596. The van der Waals surface area contributed by atoms with E-state index in [0.717, 1.165) is 25.7 Å². The Hall–Kier alpha value is -1.32. The molecule has 16 heavy (non-hydrogen) atoms. The minimum atomic E-state index is -0.862. The van der Waals surface area contributed by atoms with Gasteiger partial charge in [0.2, 0.25) is 5.91 Å². The zero-order valence-corrected chi connectivity index (χ0v) is 9.26. The SMILES string of the molecule is O=C(O)[C@H]1CCCCN1C(=O)C1CC=CC1. The lowest BCUT2D eigenvalue weighted by molar-refractivity contribution is -0.153. The summed E-state index contributed by atoms with van der Waals surface area (Å²) in [7, 11) is 0. The first-order chi connectivity index (χ1) is 7.70. The number of aliphatic carboxylic acids is 1. The van der Waals surface area contributed by atoms with Crippen LogP contribution in [0.4, 0.5) is 0 Å². The van der Waals surface area contributed by atoms with Crippen LogP contribution in [0.25, 0.3) is 0 Å². The Balaban J connectivity index is 2.04. The van der Waals surface area contributed by atoms with Gasteiger partial charge in [-0.15, -0.1) is 0 Å². The van der Waals surface area contributed by atoms with Gasteiger partial charge in [-0.3, -0.25) is 4.79 Å². The number of likely N-dealkylation sites (tertiary alicyclic amines) is 1. The van der Waals surface area contributed by atoms with E-state index in [-0.39, 0.29) is 11.8 Å². The van der Waals surface area contributed by atoms with Crippen molar-refractivity contribution in [3.05, 3.63) is 12.2 Å². The van der Waals surface area contributed by atoms with E-state index in [0.29, 0.717) is 13.0 Å². The smallest absolute Gasteiger partial charge is 0.326 e. The third kappa shape index (κ3) is 2.10. The van der Waals surface area contributed by atoms with Gasteiger partial charge in [-0.1, -0.05) is 12.2 Å². The third-order valence-corrected chi connectivity index (χ3v) is 3.43. The molecule has 0 aromatic carbocycles. The monoisotopic (exact) mass is 223 g/mol. The Bertz CT molecular complexity index is 316. The lowest BCUT2D eigenvalue weighted by atomic mass is 9.98. The maximum Gasteiger partial charge on any atom is 0.326 e. The molecule has 0 radical (unpaired) electrons. The fraction of sp³-hybridized carbons (Fsp3) is 0.667. The summed E-state index contributed by atoms with van der Waals surface area (Å²) in [5, 5.41) is 9.09. The van der Waals surface area contributed by atoms with Gasteiger partial charge in [-0.05, 0) is 32.1 Å². The van der Waals surface area contributed by atoms with Crippen molar-refractivity contribution in [2.24, 2.45) is 5.92 Å². The lowest BCUT2D eigenvalue weighted by Crippen LogP contribution is -2.49. The van der Waals surface area contributed by atoms with Crippen molar-refractivity contribution >= 4 is 11.9 Å². The quantitative estimate of drug-likeness (QED) is 0.720. The highest BCUT2D eigenvalue weighted by Gasteiger charge is 2.35. The number of amides is 1. The molecule has 1 atom stereocenters. The topological polar surface area (TPSA) is 57.6 Å². The van der Waals surface area contributed by atoms with Crippen LogP contribution in [0, 0.1) is 5.92 Å². The van der Waals surface area contributed by atoms with Gasteiger partial charge in [0.05, 0.1) is 0 Å². The van der Waals surface area contributed by atoms with E-state index >= 15 is 0 Å². The molecule has 1 amide bonds. The van der Waals surface area contributed by atoms with E-state index in [1.54, 1.807) is 4.90 Å². The molecule has 0 spiro atoms. The molecule has 1 heterocycles. The van der Waals surface area contributed by atoms with Crippen LogP contribution in [-0.4, -0.2) is 34.5 Å². The van der Waals surface area contributed by atoms with Crippen LogP contribution in [0.2, 0.25) is 0 Å². The van der Waals surface area contributed by atoms with Gasteiger partial charge in [0.25, 0.3) is 0 Å². The van der Waals surface area contributed by atoms with Crippen LogP contribution >= 0.6 is 0 Å². The maximum atomic E-state index is 12.1. The van der Waals surface area contributed by atoms with Gasteiger partial charge in [-0.25, -0.2) is 4.79 Å². The summed E-state index contributed by atoms with van der Waals surface area (Å²) in [6.45, 7) is 0.603. The highest BCUT2D eigenvalue weighted by atomic mass is 16.4. The molecule has 1 N–H and O–H groups in total. The average molecular weight is 223 g/mol. The van der Waals surface area contributed by atoms with E-state index in [1.165, 1.54) is 0 Å². The molecule has 4 nitrogen and oxygen atoms in total. The number of carboxylic acid groups (broad SMARTS) is 1. The molecule has 0 aromatic rings. The van der Waals surface area contributed by atoms with E-state index in [4.69, 9.17) is 5.11 Å². The van der Waals surface area contributed by atoms with Gasteiger partial charge >= 0.3 is 5.97 Å². The van der Waals surface area contributed by atoms with E-state index in [9.17, 15) is 9.59 Å². The minimum Gasteiger partial charge on any atom is -0.480 e. The van der Waals surface area contributed by atoms with Crippen LogP contribution in [-0.2, 0) is 9.59 Å². The fourth-order valence-corrected chi connectivity index (χ4v) is 2.51. The average Bonchev–Trinajstić information content (AvgIpc) is 2.81. The molecule has 1 aliphatic carbocycles. The van der Waals surface area contributed by atoms with Gasteiger partial charge in [0.15, 0.2) is 0 Å². The number of nitrogens with zero attached hydrogens (tertiary/aromatic N) is 1. The number of allylic oxidation sites excluding steroid dienone is 2. The first-order valence-corrected chi connectivity index (χ1v) is 5.88. The second-order valence-corrected chi connectivity index (χ2v) is 4.52. The molecule has 2 rings (SSSR count). The minimum absolute atomic E-state index is 0.0139. The Morgan fingerprint density at radius 3 is 2.50 bits per heavy atom. The van der Waals surface area contributed by atoms with Crippen LogP contribution < -0.4 is 0 Å². The number of hydrogen-bond acceptors (Lipinski definition) is 2. The lowest BCUT2D eigenvalue weighted by Gasteiger charge is -2.34. The number of carboxylic acids is 1. The molecule has 88 valence electrons. The Morgan fingerprint density at radius 2 is 1.88 bits per heavy atom. The summed E-state index contributed by atoms with van der Waals surface area (Å²) < 4.78 is 0. The predicted octanol–water partition coefficient (Wildman–Crippen LogP) is 1.42. The zero-order valence-electron chi connectivity index (χ0n) is 9.26.